The van der Waals surface area contributed by atoms with Gasteiger partial charge in [0.05, 0.1) is 0 Å². The summed E-state index contributed by atoms with van der Waals surface area (Å²) in [6, 6.07) is 2.22. The molecule has 1 N–H and O–H groups in total. The summed E-state index contributed by atoms with van der Waals surface area (Å²) in [6.07, 6.45) is 6.35. The smallest absolute Gasteiger partial charge is 0.222 e. The number of anilines is 1. The standard InChI is InChI=1S/C17H27N5O2/c1-13(23)22-8-4-3-5-15(22)11-17(24)18-14-6-10-21(12-14)16-7-9-20(2)19-16/h7,9,14-15H,3-6,8,10-12H2,1-2H3,(H,18,24)/t14-,15+/m1/s1. The van der Waals surface area contributed by atoms with E-state index in [-0.39, 0.29) is 23.9 Å². The van der Waals surface area contributed by atoms with E-state index < -0.39 is 0 Å². The first-order chi connectivity index (χ1) is 11.5. The van der Waals surface area contributed by atoms with Crippen molar-refractivity contribution in [1.29, 1.82) is 0 Å². The van der Waals surface area contributed by atoms with E-state index in [1.807, 2.05) is 24.2 Å². The van der Waals surface area contributed by atoms with Crippen LogP contribution in [0.15, 0.2) is 12.3 Å². The van der Waals surface area contributed by atoms with Crippen molar-refractivity contribution in [3.05, 3.63) is 12.3 Å². The molecule has 7 heteroatoms. The van der Waals surface area contributed by atoms with Crippen molar-refractivity contribution < 1.29 is 9.59 Å². The molecule has 2 aliphatic rings. The quantitative estimate of drug-likeness (QED) is 0.889. The number of nitrogens with zero attached hydrogens (tertiary/aromatic N) is 4. The molecule has 2 aliphatic heterocycles. The lowest BCUT2D eigenvalue weighted by Gasteiger charge is -2.35. The zero-order valence-electron chi connectivity index (χ0n) is 14.6. The van der Waals surface area contributed by atoms with E-state index in [0.29, 0.717) is 6.42 Å². The van der Waals surface area contributed by atoms with Gasteiger partial charge in [0.25, 0.3) is 0 Å². The summed E-state index contributed by atoms with van der Waals surface area (Å²) in [5.41, 5.74) is 0. The lowest BCUT2D eigenvalue weighted by atomic mass is 9.99. The number of rotatable bonds is 4. The molecule has 132 valence electrons. The second kappa shape index (κ2) is 7.23. The molecule has 24 heavy (non-hydrogen) atoms. The summed E-state index contributed by atoms with van der Waals surface area (Å²) >= 11 is 0. The van der Waals surface area contributed by atoms with Gasteiger partial charge in [-0.1, -0.05) is 0 Å². The van der Waals surface area contributed by atoms with Crippen LogP contribution in [0, 0.1) is 0 Å². The fourth-order valence-electron chi connectivity index (χ4n) is 3.79. The second-order valence-corrected chi connectivity index (χ2v) is 6.91. The van der Waals surface area contributed by atoms with Gasteiger partial charge in [-0.2, -0.15) is 5.10 Å². The highest BCUT2D eigenvalue weighted by Gasteiger charge is 2.29. The molecule has 2 atom stereocenters. The van der Waals surface area contributed by atoms with Crippen LogP contribution < -0.4 is 10.2 Å². The molecule has 2 amide bonds. The maximum Gasteiger partial charge on any atom is 0.222 e. The highest BCUT2D eigenvalue weighted by Crippen LogP contribution is 2.21. The summed E-state index contributed by atoms with van der Waals surface area (Å²) < 4.78 is 1.79. The van der Waals surface area contributed by atoms with Crippen LogP contribution in [0.2, 0.25) is 0 Å². The molecule has 1 aromatic heterocycles. The molecule has 7 nitrogen and oxygen atoms in total. The van der Waals surface area contributed by atoms with E-state index in [0.717, 1.165) is 51.1 Å². The lowest BCUT2D eigenvalue weighted by molar-refractivity contribution is -0.134. The first kappa shape index (κ1) is 16.8. The Hall–Kier alpha value is -2.05. The van der Waals surface area contributed by atoms with Crippen LogP contribution >= 0.6 is 0 Å². The highest BCUT2D eigenvalue weighted by molar-refractivity contribution is 5.79. The molecule has 0 aromatic carbocycles. The molecule has 0 bridgehead atoms. The number of nitrogens with one attached hydrogen (secondary N) is 1. The third-order valence-electron chi connectivity index (χ3n) is 5.03. The number of hydrogen-bond donors (Lipinski definition) is 1. The third-order valence-corrected chi connectivity index (χ3v) is 5.03. The van der Waals surface area contributed by atoms with Crippen molar-refractivity contribution >= 4 is 17.6 Å². The SMILES string of the molecule is CC(=O)N1CCCC[C@H]1CC(=O)N[C@@H]1CCN(c2ccn(C)n2)C1. The molecule has 2 fully saturated rings. The molecule has 0 aliphatic carbocycles. The normalized spacial score (nSPS) is 24.2. The van der Waals surface area contributed by atoms with E-state index in [2.05, 4.69) is 15.3 Å². The molecule has 0 radical (unpaired) electrons. The van der Waals surface area contributed by atoms with Crippen molar-refractivity contribution in [3.63, 3.8) is 0 Å². The van der Waals surface area contributed by atoms with Crippen LogP contribution in [0.5, 0.6) is 0 Å². The summed E-state index contributed by atoms with van der Waals surface area (Å²) in [5, 5.41) is 7.55. The molecular weight excluding hydrogens is 306 g/mol. The zero-order chi connectivity index (χ0) is 17.1. The van der Waals surface area contributed by atoms with Gasteiger partial charge in [-0.05, 0) is 25.7 Å². The highest BCUT2D eigenvalue weighted by atomic mass is 16.2. The van der Waals surface area contributed by atoms with E-state index in [1.165, 1.54) is 0 Å². The lowest BCUT2D eigenvalue weighted by Crippen LogP contribution is -2.46. The van der Waals surface area contributed by atoms with Crippen molar-refractivity contribution in [3.8, 4) is 0 Å². The summed E-state index contributed by atoms with van der Waals surface area (Å²) in [5.74, 6) is 1.10. The van der Waals surface area contributed by atoms with Gasteiger partial charge in [-0.25, -0.2) is 0 Å². The predicted octanol–water partition coefficient (Wildman–Crippen LogP) is 0.906. The maximum absolute atomic E-state index is 12.4. The van der Waals surface area contributed by atoms with Crippen LogP contribution in [0.25, 0.3) is 0 Å². The van der Waals surface area contributed by atoms with Crippen LogP contribution in [0.1, 0.15) is 39.0 Å². The molecule has 2 saturated heterocycles. The number of carbonyl (C=O) groups excluding carboxylic acids is 2. The molecule has 0 unspecified atom stereocenters. The van der Waals surface area contributed by atoms with E-state index in [9.17, 15) is 9.59 Å². The molecular formula is C17H27N5O2. The fourth-order valence-corrected chi connectivity index (χ4v) is 3.79. The Labute approximate surface area is 143 Å². The number of carbonyl (C=O) groups is 2. The predicted molar refractivity (Wildman–Crippen MR) is 91.6 cm³/mol. The first-order valence-corrected chi connectivity index (χ1v) is 8.84. The zero-order valence-corrected chi connectivity index (χ0v) is 14.6. The fraction of sp³-hybridized carbons (Fsp3) is 0.706. The number of hydrogen-bond acceptors (Lipinski definition) is 4. The minimum Gasteiger partial charge on any atom is -0.353 e. The molecule has 0 spiro atoms. The molecule has 3 heterocycles. The Bertz CT molecular complexity index is 600. The third kappa shape index (κ3) is 3.88. The van der Waals surface area contributed by atoms with Gasteiger partial charge in [0.2, 0.25) is 11.8 Å². The second-order valence-electron chi connectivity index (χ2n) is 6.91. The van der Waals surface area contributed by atoms with Crippen molar-refractivity contribution in [2.24, 2.45) is 7.05 Å². The van der Waals surface area contributed by atoms with E-state index in [1.54, 1.807) is 11.6 Å². The summed E-state index contributed by atoms with van der Waals surface area (Å²) in [7, 11) is 1.91. The monoisotopic (exact) mass is 333 g/mol. The van der Waals surface area contributed by atoms with Crippen LogP contribution in [-0.4, -0.2) is 58.2 Å². The van der Waals surface area contributed by atoms with Gasteiger partial charge in [0, 0.05) is 64.4 Å². The van der Waals surface area contributed by atoms with Crippen LogP contribution in [0.3, 0.4) is 0 Å². The minimum atomic E-state index is 0.0565. The number of likely N-dealkylation sites (tertiary alicyclic amines) is 1. The van der Waals surface area contributed by atoms with Crippen molar-refractivity contribution in [2.45, 2.75) is 51.1 Å². The Balaban J connectivity index is 1.49. The van der Waals surface area contributed by atoms with Gasteiger partial charge >= 0.3 is 0 Å². The minimum absolute atomic E-state index is 0.0565. The van der Waals surface area contributed by atoms with Crippen LogP contribution in [0.4, 0.5) is 5.82 Å². The first-order valence-electron chi connectivity index (χ1n) is 8.84. The van der Waals surface area contributed by atoms with Gasteiger partial charge in [-0.15, -0.1) is 0 Å². The van der Waals surface area contributed by atoms with Crippen LogP contribution in [-0.2, 0) is 16.6 Å². The number of piperidine rings is 1. The van der Waals surface area contributed by atoms with E-state index >= 15 is 0 Å². The van der Waals surface area contributed by atoms with Crippen molar-refractivity contribution in [2.75, 3.05) is 24.5 Å². The number of aromatic nitrogens is 2. The topological polar surface area (TPSA) is 70.5 Å². The molecule has 3 rings (SSSR count). The Morgan fingerprint density at radius 3 is 2.83 bits per heavy atom. The maximum atomic E-state index is 12.4. The van der Waals surface area contributed by atoms with Gasteiger partial charge in [0.15, 0.2) is 5.82 Å². The van der Waals surface area contributed by atoms with E-state index in [4.69, 9.17) is 0 Å². The number of amides is 2. The summed E-state index contributed by atoms with van der Waals surface area (Å²) in [6.45, 7) is 4.08. The largest absolute Gasteiger partial charge is 0.353 e. The molecule has 0 saturated carbocycles. The average Bonchev–Trinajstić information content (AvgIpc) is 3.16. The summed E-state index contributed by atoms with van der Waals surface area (Å²) in [4.78, 5) is 28.2. The Morgan fingerprint density at radius 2 is 2.12 bits per heavy atom. The van der Waals surface area contributed by atoms with Gasteiger partial charge in [-0.3, -0.25) is 14.3 Å². The Kier molecular flexibility index (Phi) is 5.06. The number of aryl methyl sites for hydroxylation is 1. The Morgan fingerprint density at radius 1 is 1.29 bits per heavy atom. The average molecular weight is 333 g/mol. The van der Waals surface area contributed by atoms with Gasteiger partial charge in [0.1, 0.15) is 0 Å². The van der Waals surface area contributed by atoms with Gasteiger partial charge < -0.3 is 15.1 Å². The van der Waals surface area contributed by atoms with Crippen molar-refractivity contribution in [1.82, 2.24) is 20.0 Å². The molecule has 1 aromatic rings.